The molecule has 0 aromatic carbocycles. The van der Waals surface area contributed by atoms with Gasteiger partial charge in [0.2, 0.25) is 11.2 Å². The molecule has 3 rings (SSSR count). The Balaban J connectivity index is 1.74. The third kappa shape index (κ3) is 2.99. The van der Waals surface area contributed by atoms with Crippen molar-refractivity contribution in [3.8, 4) is 12.0 Å². The van der Waals surface area contributed by atoms with Crippen LogP contribution < -0.4 is 4.74 Å². The maximum Gasteiger partial charge on any atom is 0.322 e. The molecular formula is C11H12ClN5O2. The van der Waals surface area contributed by atoms with E-state index in [1.165, 1.54) is 0 Å². The third-order valence-electron chi connectivity index (χ3n) is 2.73. The van der Waals surface area contributed by atoms with Crippen LogP contribution in [0.2, 0.25) is 5.28 Å². The standard InChI is InChI=1S/C11H12ClN5O2/c12-9-14-10(17-4-3-13-7-17)16-11(15-9)19-6-8-2-1-5-18-8/h3-4,7-8H,1-2,5-6H2. The summed E-state index contributed by atoms with van der Waals surface area (Å²) in [6.45, 7) is 1.20. The van der Waals surface area contributed by atoms with Gasteiger partial charge in [-0.3, -0.25) is 4.57 Å². The van der Waals surface area contributed by atoms with Crippen LogP contribution in [0.3, 0.4) is 0 Å². The summed E-state index contributed by atoms with van der Waals surface area (Å²) in [4.78, 5) is 16.0. The first-order valence-corrected chi connectivity index (χ1v) is 6.33. The molecule has 1 fully saturated rings. The first-order chi connectivity index (χ1) is 9.31. The number of imidazole rings is 1. The van der Waals surface area contributed by atoms with E-state index in [0.717, 1.165) is 19.4 Å². The fourth-order valence-corrected chi connectivity index (χ4v) is 1.97. The van der Waals surface area contributed by atoms with Crippen molar-refractivity contribution in [2.75, 3.05) is 13.2 Å². The molecule has 2 aromatic rings. The van der Waals surface area contributed by atoms with Crippen LogP contribution in [0.5, 0.6) is 6.01 Å². The largest absolute Gasteiger partial charge is 0.461 e. The summed E-state index contributed by atoms with van der Waals surface area (Å²) in [6, 6.07) is 0.194. The molecule has 1 saturated heterocycles. The van der Waals surface area contributed by atoms with Crippen molar-refractivity contribution in [2.24, 2.45) is 0 Å². The zero-order chi connectivity index (χ0) is 13.1. The molecule has 3 heterocycles. The van der Waals surface area contributed by atoms with Crippen LogP contribution in [0.15, 0.2) is 18.7 Å². The molecule has 1 aliphatic heterocycles. The molecule has 0 aliphatic carbocycles. The number of ether oxygens (including phenoxy) is 2. The highest BCUT2D eigenvalue weighted by Crippen LogP contribution is 2.15. The minimum atomic E-state index is 0.0843. The van der Waals surface area contributed by atoms with Crippen LogP contribution in [0, 0.1) is 0 Å². The van der Waals surface area contributed by atoms with Crippen LogP contribution >= 0.6 is 11.6 Å². The monoisotopic (exact) mass is 281 g/mol. The molecule has 0 radical (unpaired) electrons. The molecule has 19 heavy (non-hydrogen) atoms. The second-order valence-electron chi connectivity index (χ2n) is 4.10. The lowest BCUT2D eigenvalue weighted by atomic mass is 10.2. The zero-order valence-corrected chi connectivity index (χ0v) is 10.8. The lowest BCUT2D eigenvalue weighted by molar-refractivity contribution is 0.0644. The molecule has 1 aliphatic rings. The Bertz CT molecular complexity index is 542. The zero-order valence-electron chi connectivity index (χ0n) is 10.1. The summed E-state index contributed by atoms with van der Waals surface area (Å²) in [7, 11) is 0. The average Bonchev–Trinajstić information content (AvgIpc) is 3.09. The van der Waals surface area contributed by atoms with Crippen LogP contribution in [-0.2, 0) is 4.74 Å². The van der Waals surface area contributed by atoms with Crippen molar-refractivity contribution >= 4 is 11.6 Å². The van der Waals surface area contributed by atoms with Crippen LogP contribution in [-0.4, -0.2) is 43.8 Å². The van der Waals surface area contributed by atoms with E-state index in [9.17, 15) is 0 Å². The maximum absolute atomic E-state index is 5.86. The van der Waals surface area contributed by atoms with Gasteiger partial charge in [-0.15, -0.1) is 0 Å². The van der Waals surface area contributed by atoms with E-state index < -0.39 is 0 Å². The molecule has 0 spiro atoms. The van der Waals surface area contributed by atoms with Crippen molar-refractivity contribution in [3.05, 3.63) is 24.0 Å². The number of halogens is 1. The summed E-state index contributed by atoms with van der Waals surface area (Å²) in [5.74, 6) is 0.375. The van der Waals surface area contributed by atoms with Gasteiger partial charge in [-0.2, -0.15) is 15.0 Å². The summed E-state index contributed by atoms with van der Waals surface area (Å²) in [6.07, 6.45) is 7.09. The quantitative estimate of drug-likeness (QED) is 0.840. The summed E-state index contributed by atoms with van der Waals surface area (Å²) in [5.41, 5.74) is 0. The number of hydrogen-bond acceptors (Lipinski definition) is 6. The van der Waals surface area contributed by atoms with Gasteiger partial charge in [0, 0.05) is 19.0 Å². The van der Waals surface area contributed by atoms with Gasteiger partial charge in [0.05, 0.1) is 6.10 Å². The predicted molar refractivity (Wildman–Crippen MR) is 66.4 cm³/mol. The molecule has 2 aromatic heterocycles. The van der Waals surface area contributed by atoms with Gasteiger partial charge in [-0.05, 0) is 24.4 Å². The molecule has 7 nitrogen and oxygen atoms in total. The van der Waals surface area contributed by atoms with Crippen LogP contribution in [0.25, 0.3) is 5.95 Å². The highest BCUT2D eigenvalue weighted by molar-refractivity contribution is 6.28. The highest BCUT2D eigenvalue weighted by Gasteiger charge is 2.17. The van der Waals surface area contributed by atoms with E-state index in [4.69, 9.17) is 21.1 Å². The van der Waals surface area contributed by atoms with Crippen molar-refractivity contribution in [1.29, 1.82) is 0 Å². The molecule has 1 atom stereocenters. The predicted octanol–water partition coefficient (Wildman–Crippen LogP) is 1.27. The van der Waals surface area contributed by atoms with E-state index in [1.807, 2.05) is 0 Å². The van der Waals surface area contributed by atoms with Gasteiger partial charge < -0.3 is 9.47 Å². The molecule has 100 valence electrons. The summed E-state index contributed by atoms with van der Waals surface area (Å²) < 4.78 is 12.6. The van der Waals surface area contributed by atoms with Gasteiger partial charge in [-0.1, -0.05) is 0 Å². The van der Waals surface area contributed by atoms with E-state index in [0.29, 0.717) is 12.6 Å². The minimum absolute atomic E-state index is 0.0843. The molecule has 1 unspecified atom stereocenters. The molecule has 0 bridgehead atoms. The van der Waals surface area contributed by atoms with Crippen LogP contribution in [0.1, 0.15) is 12.8 Å². The fraction of sp³-hybridized carbons (Fsp3) is 0.455. The second kappa shape index (κ2) is 5.50. The fourth-order valence-electron chi connectivity index (χ4n) is 1.82. The van der Waals surface area contributed by atoms with Crippen LogP contribution in [0.4, 0.5) is 0 Å². The number of rotatable bonds is 4. The van der Waals surface area contributed by atoms with Crippen molar-refractivity contribution in [2.45, 2.75) is 18.9 Å². The minimum Gasteiger partial charge on any atom is -0.461 e. The van der Waals surface area contributed by atoms with Gasteiger partial charge in [0.1, 0.15) is 12.9 Å². The first kappa shape index (κ1) is 12.3. The number of aromatic nitrogens is 5. The maximum atomic E-state index is 5.86. The van der Waals surface area contributed by atoms with Gasteiger partial charge in [0.25, 0.3) is 0 Å². The van der Waals surface area contributed by atoms with Gasteiger partial charge in [-0.25, -0.2) is 4.98 Å². The Morgan fingerprint density at radius 1 is 1.42 bits per heavy atom. The molecule has 0 saturated carbocycles. The summed E-state index contributed by atoms with van der Waals surface area (Å²) in [5, 5.41) is 0.0843. The summed E-state index contributed by atoms with van der Waals surface area (Å²) >= 11 is 5.86. The first-order valence-electron chi connectivity index (χ1n) is 5.95. The highest BCUT2D eigenvalue weighted by atomic mass is 35.5. The van der Waals surface area contributed by atoms with E-state index in [2.05, 4.69) is 19.9 Å². The van der Waals surface area contributed by atoms with Crippen molar-refractivity contribution in [1.82, 2.24) is 24.5 Å². The Kier molecular flexibility index (Phi) is 3.56. The SMILES string of the molecule is Clc1nc(OCC2CCCO2)nc(-n2ccnc2)n1. The molecule has 8 heteroatoms. The van der Waals surface area contributed by atoms with E-state index >= 15 is 0 Å². The normalized spacial score (nSPS) is 18.7. The lowest BCUT2D eigenvalue weighted by Gasteiger charge is -2.10. The average molecular weight is 282 g/mol. The van der Waals surface area contributed by atoms with E-state index in [-0.39, 0.29) is 17.4 Å². The number of hydrogen-bond donors (Lipinski definition) is 0. The van der Waals surface area contributed by atoms with Crippen molar-refractivity contribution in [3.63, 3.8) is 0 Å². The number of nitrogens with zero attached hydrogens (tertiary/aromatic N) is 5. The van der Waals surface area contributed by atoms with Gasteiger partial charge >= 0.3 is 6.01 Å². The third-order valence-corrected chi connectivity index (χ3v) is 2.90. The Morgan fingerprint density at radius 2 is 2.37 bits per heavy atom. The van der Waals surface area contributed by atoms with Crippen molar-refractivity contribution < 1.29 is 9.47 Å². The second-order valence-corrected chi connectivity index (χ2v) is 4.44. The van der Waals surface area contributed by atoms with Gasteiger partial charge in [0.15, 0.2) is 0 Å². The Morgan fingerprint density at radius 3 is 3.11 bits per heavy atom. The molecular weight excluding hydrogens is 270 g/mol. The Hall–Kier alpha value is -1.73. The molecule has 0 N–H and O–H groups in total. The molecule has 0 amide bonds. The Labute approximate surface area is 114 Å². The lowest BCUT2D eigenvalue weighted by Crippen LogP contribution is -2.18. The smallest absolute Gasteiger partial charge is 0.322 e. The van der Waals surface area contributed by atoms with E-state index in [1.54, 1.807) is 23.3 Å². The topological polar surface area (TPSA) is 75.0 Å².